The summed E-state index contributed by atoms with van der Waals surface area (Å²) in [5.74, 6) is 0.858. The van der Waals surface area contributed by atoms with Crippen molar-refractivity contribution in [3.8, 4) is 0 Å². The van der Waals surface area contributed by atoms with Crippen molar-refractivity contribution in [3.63, 3.8) is 0 Å². The predicted molar refractivity (Wildman–Crippen MR) is 107 cm³/mol. The second-order valence-corrected chi connectivity index (χ2v) is 7.48. The van der Waals surface area contributed by atoms with Gasteiger partial charge in [-0.15, -0.1) is 0 Å². The summed E-state index contributed by atoms with van der Waals surface area (Å²) in [5, 5.41) is 3.56. The lowest BCUT2D eigenvalue weighted by Crippen LogP contribution is -2.33. The maximum absolute atomic E-state index is 6.33. The van der Waals surface area contributed by atoms with Gasteiger partial charge in [0.1, 0.15) is 0 Å². The van der Waals surface area contributed by atoms with E-state index in [9.17, 15) is 0 Å². The molecule has 1 aromatic carbocycles. The van der Waals surface area contributed by atoms with Gasteiger partial charge < -0.3 is 16.0 Å². The van der Waals surface area contributed by atoms with Crippen LogP contribution in [0.1, 0.15) is 64.4 Å². The Bertz CT molecular complexity index is 464. The molecule has 3 N–H and O–H groups in total. The number of benzene rings is 1. The van der Waals surface area contributed by atoms with Crippen LogP contribution < -0.4 is 16.0 Å². The zero-order valence-corrected chi connectivity index (χ0v) is 15.8. The minimum atomic E-state index is 0.858. The Balaban J connectivity index is 1.68. The molecule has 1 saturated heterocycles. The van der Waals surface area contributed by atoms with E-state index >= 15 is 0 Å². The molecule has 3 nitrogen and oxygen atoms in total. The lowest BCUT2D eigenvalue weighted by molar-refractivity contribution is 0.438. The highest BCUT2D eigenvalue weighted by Gasteiger charge is 2.17. The van der Waals surface area contributed by atoms with E-state index in [2.05, 4.69) is 42.3 Å². The van der Waals surface area contributed by atoms with Gasteiger partial charge in [0, 0.05) is 13.1 Å². The Morgan fingerprint density at radius 2 is 1.83 bits per heavy atom. The molecule has 2 rings (SSSR count). The summed E-state index contributed by atoms with van der Waals surface area (Å²) in [5.41, 5.74) is 9.89. The van der Waals surface area contributed by atoms with Crippen LogP contribution in [0, 0.1) is 5.92 Å². The molecule has 1 heterocycles. The van der Waals surface area contributed by atoms with Crippen molar-refractivity contribution in [2.75, 3.05) is 36.8 Å². The van der Waals surface area contributed by atoms with Crippen molar-refractivity contribution in [3.05, 3.63) is 23.8 Å². The monoisotopic (exact) mass is 331 g/mol. The van der Waals surface area contributed by atoms with Crippen molar-refractivity contribution < 1.29 is 0 Å². The maximum Gasteiger partial charge on any atom is 0.0600 e. The highest BCUT2D eigenvalue weighted by atomic mass is 15.1. The molecule has 1 fully saturated rings. The Kier molecular flexibility index (Phi) is 8.44. The van der Waals surface area contributed by atoms with Gasteiger partial charge in [-0.05, 0) is 68.8 Å². The first-order valence-electron chi connectivity index (χ1n) is 10.0. The molecule has 3 heteroatoms. The third-order valence-corrected chi connectivity index (χ3v) is 5.24. The van der Waals surface area contributed by atoms with Crippen LogP contribution in [-0.2, 0) is 6.42 Å². The Labute approximate surface area is 149 Å². The summed E-state index contributed by atoms with van der Waals surface area (Å²) < 4.78 is 0. The fourth-order valence-corrected chi connectivity index (χ4v) is 3.52. The molecule has 0 amide bonds. The molecule has 0 unspecified atom stereocenters. The average Bonchev–Trinajstić information content (AvgIpc) is 2.58. The number of nitrogens with zero attached hydrogens (tertiary/aromatic N) is 1. The first-order valence-corrected chi connectivity index (χ1v) is 10.0. The van der Waals surface area contributed by atoms with Crippen LogP contribution in [0.2, 0.25) is 0 Å². The smallest absolute Gasteiger partial charge is 0.0600 e. The second-order valence-electron chi connectivity index (χ2n) is 7.48. The largest absolute Gasteiger partial charge is 0.397 e. The minimum Gasteiger partial charge on any atom is -0.397 e. The molecule has 0 spiro atoms. The quantitative estimate of drug-likeness (QED) is 0.486. The van der Waals surface area contributed by atoms with E-state index < -0.39 is 0 Å². The lowest BCUT2D eigenvalue weighted by Gasteiger charge is -2.33. The molecule has 0 atom stereocenters. The molecule has 1 aliphatic heterocycles. The molecule has 24 heavy (non-hydrogen) atoms. The van der Waals surface area contributed by atoms with E-state index in [-0.39, 0.29) is 0 Å². The topological polar surface area (TPSA) is 41.3 Å². The summed E-state index contributed by atoms with van der Waals surface area (Å²) in [7, 11) is 0. The lowest BCUT2D eigenvalue weighted by atomic mass is 9.98. The van der Waals surface area contributed by atoms with E-state index in [4.69, 9.17) is 5.73 Å². The Morgan fingerprint density at radius 3 is 2.54 bits per heavy atom. The number of nitrogens with one attached hydrogen (secondary N) is 1. The molecule has 0 aliphatic carbocycles. The number of hydrogen-bond acceptors (Lipinski definition) is 3. The summed E-state index contributed by atoms with van der Waals surface area (Å²) in [6.45, 7) is 9.17. The molecular formula is C21H37N3. The van der Waals surface area contributed by atoms with Crippen molar-refractivity contribution in [1.29, 1.82) is 0 Å². The number of rotatable bonds is 10. The zero-order valence-electron chi connectivity index (χ0n) is 15.8. The number of anilines is 2. The van der Waals surface area contributed by atoms with Gasteiger partial charge in [0.15, 0.2) is 0 Å². The zero-order chi connectivity index (χ0) is 17.2. The van der Waals surface area contributed by atoms with Gasteiger partial charge in [-0.3, -0.25) is 0 Å². The van der Waals surface area contributed by atoms with Crippen LogP contribution in [0.15, 0.2) is 18.2 Å². The second kappa shape index (κ2) is 10.6. The highest BCUT2D eigenvalue weighted by Crippen LogP contribution is 2.29. The van der Waals surface area contributed by atoms with Crippen molar-refractivity contribution in [2.45, 2.75) is 65.2 Å². The molecule has 0 bridgehead atoms. The summed E-state index contributed by atoms with van der Waals surface area (Å²) in [6.07, 6.45) is 10.2. The molecule has 0 aromatic heterocycles. The summed E-state index contributed by atoms with van der Waals surface area (Å²) >= 11 is 0. The van der Waals surface area contributed by atoms with E-state index in [0.29, 0.717) is 0 Å². The van der Waals surface area contributed by atoms with Crippen LogP contribution in [0.25, 0.3) is 0 Å². The van der Waals surface area contributed by atoms with Crippen molar-refractivity contribution in [2.24, 2.45) is 5.92 Å². The fraction of sp³-hybridized carbons (Fsp3) is 0.714. The number of piperidine rings is 1. The molecule has 1 aliphatic rings. The predicted octanol–water partition coefficient (Wildman–Crippen LogP) is 4.61. The first-order chi connectivity index (χ1) is 11.7. The molecule has 1 aromatic rings. The summed E-state index contributed by atoms with van der Waals surface area (Å²) in [6, 6.07) is 6.69. The molecule has 0 radical (unpaired) electrons. The Hall–Kier alpha value is -1.22. The normalized spacial score (nSPS) is 15.8. The van der Waals surface area contributed by atoms with Gasteiger partial charge in [-0.1, -0.05) is 39.2 Å². The third kappa shape index (κ3) is 6.35. The number of nitrogen functional groups attached to an aromatic ring is 1. The number of hydrogen-bond donors (Lipinski definition) is 2. The van der Waals surface area contributed by atoms with Gasteiger partial charge in [0.05, 0.1) is 11.4 Å². The molecule has 0 saturated carbocycles. The van der Waals surface area contributed by atoms with Gasteiger partial charge in [-0.2, -0.15) is 0 Å². The molecular weight excluding hydrogens is 294 g/mol. The van der Waals surface area contributed by atoms with E-state index in [1.165, 1.54) is 56.2 Å². The number of nitrogens with two attached hydrogens (primary N) is 1. The van der Waals surface area contributed by atoms with E-state index in [0.717, 1.165) is 44.2 Å². The average molecular weight is 332 g/mol. The van der Waals surface area contributed by atoms with Gasteiger partial charge in [0.25, 0.3) is 0 Å². The van der Waals surface area contributed by atoms with E-state index in [1.54, 1.807) is 0 Å². The number of unbranched alkanes of at least 4 members (excludes halogenated alkanes) is 3. The SMILES string of the molecule is CCCCCCNCCCc1ccc(N2CCC(C)CC2)c(N)c1. The molecule has 136 valence electrons. The maximum atomic E-state index is 6.33. The van der Waals surface area contributed by atoms with Crippen molar-refractivity contribution in [1.82, 2.24) is 5.32 Å². The van der Waals surface area contributed by atoms with Crippen LogP contribution in [0.5, 0.6) is 0 Å². The van der Waals surface area contributed by atoms with Gasteiger partial charge in [-0.25, -0.2) is 0 Å². The fourth-order valence-electron chi connectivity index (χ4n) is 3.52. The van der Waals surface area contributed by atoms with Crippen LogP contribution in [0.4, 0.5) is 11.4 Å². The number of aryl methyl sites for hydroxylation is 1. The minimum absolute atomic E-state index is 0.858. The van der Waals surface area contributed by atoms with Gasteiger partial charge in [0.2, 0.25) is 0 Å². The van der Waals surface area contributed by atoms with E-state index in [1.807, 2.05) is 0 Å². The van der Waals surface area contributed by atoms with Crippen LogP contribution >= 0.6 is 0 Å². The highest BCUT2D eigenvalue weighted by molar-refractivity contribution is 5.68. The Morgan fingerprint density at radius 1 is 1.08 bits per heavy atom. The van der Waals surface area contributed by atoms with Crippen LogP contribution in [0.3, 0.4) is 0 Å². The standard InChI is InChI=1S/C21H37N3/c1-3-4-5-6-13-23-14-7-8-19-9-10-21(20(22)17-19)24-15-11-18(2)12-16-24/h9-10,17-18,23H,3-8,11-16,22H2,1-2H3. The first kappa shape index (κ1) is 19.1. The van der Waals surface area contributed by atoms with Crippen LogP contribution in [-0.4, -0.2) is 26.2 Å². The summed E-state index contributed by atoms with van der Waals surface area (Å²) in [4.78, 5) is 2.46. The van der Waals surface area contributed by atoms with Gasteiger partial charge >= 0.3 is 0 Å². The van der Waals surface area contributed by atoms with Crippen molar-refractivity contribution >= 4 is 11.4 Å². The third-order valence-electron chi connectivity index (χ3n) is 5.24.